The van der Waals surface area contributed by atoms with Crippen molar-refractivity contribution >= 4 is 32.5 Å². The van der Waals surface area contributed by atoms with Crippen molar-refractivity contribution < 1.29 is 18.3 Å². The number of hydrogen-bond donors (Lipinski definition) is 4. The number of likely N-dealkylation sites (tertiary alicyclic amines) is 1. The molecule has 3 aromatic rings. The second-order valence-electron chi connectivity index (χ2n) is 10.5. The fourth-order valence-corrected chi connectivity index (χ4v) is 7.11. The maximum absolute atomic E-state index is 13.8. The van der Waals surface area contributed by atoms with Crippen LogP contribution < -0.4 is 10.0 Å². The van der Waals surface area contributed by atoms with E-state index in [1.807, 2.05) is 36.5 Å². The van der Waals surface area contributed by atoms with E-state index in [1.54, 1.807) is 17.0 Å². The summed E-state index contributed by atoms with van der Waals surface area (Å²) in [5.74, 6) is 0.605. The van der Waals surface area contributed by atoms with E-state index in [9.17, 15) is 18.3 Å². The van der Waals surface area contributed by atoms with Crippen LogP contribution in [0.4, 0.5) is 5.69 Å². The van der Waals surface area contributed by atoms with Gasteiger partial charge >= 0.3 is 0 Å². The highest BCUT2D eigenvalue weighted by molar-refractivity contribution is 7.89. The van der Waals surface area contributed by atoms with Crippen molar-refractivity contribution in [2.24, 2.45) is 11.8 Å². The second-order valence-corrected chi connectivity index (χ2v) is 12.2. The molecule has 1 amide bonds. The number of anilines is 1. The number of nitrogens with zero attached hydrogens (tertiary/aromatic N) is 1. The van der Waals surface area contributed by atoms with E-state index in [4.69, 9.17) is 0 Å². The number of piperidine rings is 1. The number of sulfonamides is 1. The predicted molar refractivity (Wildman–Crippen MR) is 145 cm³/mol. The van der Waals surface area contributed by atoms with Crippen LogP contribution in [0.1, 0.15) is 37.3 Å². The molecule has 5 rings (SSSR count). The van der Waals surface area contributed by atoms with E-state index in [0.717, 1.165) is 47.7 Å². The number of fused-ring (bicyclic) bond motifs is 2. The highest BCUT2D eigenvalue weighted by Gasteiger charge is 2.34. The van der Waals surface area contributed by atoms with Crippen LogP contribution in [0.3, 0.4) is 0 Å². The molecule has 4 N–H and O–H groups in total. The third kappa shape index (κ3) is 5.54. The Morgan fingerprint density at radius 2 is 1.95 bits per heavy atom. The van der Waals surface area contributed by atoms with Gasteiger partial charge in [0, 0.05) is 43.3 Å². The summed E-state index contributed by atoms with van der Waals surface area (Å²) in [5.41, 5.74) is 3.46. The number of aliphatic hydroxyl groups excluding tert-OH is 1. The molecule has 9 heteroatoms. The number of nitrogens with one attached hydrogen (secondary N) is 3. The number of benzene rings is 2. The first-order valence-corrected chi connectivity index (χ1v) is 14.7. The maximum atomic E-state index is 13.8. The molecular weight excluding hydrogens is 488 g/mol. The summed E-state index contributed by atoms with van der Waals surface area (Å²) in [6.07, 6.45) is 5.28. The SMILES string of the molecule is CC1CNc2c(cccc2S(=O)(=O)N[C@H](Cc2c[nH]c3ccccc23)C(=O)N2CCC(CCO)CC2)C1. The van der Waals surface area contributed by atoms with Gasteiger partial charge in [-0.2, -0.15) is 4.72 Å². The Morgan fingerprint density at radius 1 is 1.16 bits per heavy atom. The third-order valence-corrected chi connectivity index (χ3v) is 9.27. The Morgan fingerprint density at radius 3 is 2.73 bits per heavy atom. The van der Waals surface area contributed by atoms with Crippen molar-refractivity contribution in [3.05, 3.63) is 59.8 Å². The van der Waals surface area contributed by atoms with Crippen LogP contribution in [-0.2, 0) is 27.7 Å². The van der Waals surface area contributed by atoms with E-state index in [2.05, 4.69) is 21.9 Å². The highest BCUT2D eigenvalue weighted by atomic mass is 32.2. The first kappa shape index (κ1) is 25.8. The van der Waals surface area contributed by atoms with Crippen LogP contribution >= 0.6 is 0 Å². The molecule has 1 saturated heterocycles. The number of hydrogen-bond acceptors (Lipinski definition) is 5. The molecule has 0 aliphatic carbocycles. The summed E-state index contributed by atoms with van der Waals surface area (Å²) in [4.78, 5) is 19.0. The molecule has 2 aromatic carbocycles. The van der Waals surface area contributed by atoms with E-state index >= 15 is 0 Å². The van der Waals surface area contributed by atoms with Gasteiger partial charge in [0.15, 0.2) is 0 Å². The van der Waals surface area contributed by atoms with Crippen molar-refractivity contribution in [2.75, 3.05) is 31.6 Å². The molecule has 1 fully saturated rings. The molecule has 37 heavy (non-hydrogen) atoms. The Labute approximate surface area is 218 Å². The summed E-state index contributed by atoms with van der Waals surface area (Å²) in [6.45, 7) is 4.12. The fraction of sp³-hybridized carbons (Fsp3) is 0.464. The quantitative estimate of drug-likeness (QED) is 0.361. The minimum absolute atomic E-state index is 0.149. The minimum Gasteiger partial charge on any atom is -0.396 e. The van der Waals surface area contributed by atoms with Crippen molar-refractivity contribution in [2.45, 2.75) is 50.0 Å². The number of amides is 1. The Bertz CT molecular complexity index is 1360. The molecular formula is C28H36N4O4S. The van der Waals surface area contributed by atoms with E-state index in [1.165, 1.54) is 0 Å². The average molecular weight is 525 g/mol. The molecule has 1 unspecified atom stereocenters. The minimum atomic E-state index is -3.98. The summed E-state index contributed by atoms with van der Waals surface area (Å²) in [7, 11) is -3.98. The lowest BCUT2D eigenvalue weighted by atomic mass is 9.93. The first-order valence-electron chi connectivity index (χ1n) is 13.2. The molecule has 0 spiro atoms. The number of rotatable bonds is 8. The number of carbonyl (C=O) groups is 1. The smallest absolute Gasteiger partial charge is 0.243 e. The lowest BCUT2D eigenvalue weighted by Gasteiger charge is -2.34. The highest BCUT2D eigenvalue weighted by Crippen LogP contribution is 2.32. The van der Waals surface area contributed by atoms with Gasteiger partial charge in [-0.3, -0.25) is 4.79 Å². The summed E-state index contributed by atoms with van der Waals surface area (Å²) in [6, 6.07) is 12.2. The van der Waals surface area contributed by atoms with Crippen LogP contribution in [0.15, 0.2) is 53.6 Å². The zero-order valence-corrected chi connectivity index (χ0v) is 22.1. The molecule has 2 aliphatic heterocycles. The van der Waals surface area contributed by atoms with Crippen LogP contribution in [0.25, 0.3) is 10.9 Å². The molecule has 2 aliphatic rings. The monoisotopic (exact) mass is 524 g/mol. The number of carbonyl (C=O) groups excluding carboxylic acids is 1. The van der Waals surface area contributed by atoms with Gasteiger partial charge < -0.3 is 20.3 Å². The molecule has 2 atom stereocenters. The largest absolute Gasteiger partial charge is 0.396 e. The third-order valence-electron chi connectivity index (χ3n) is 7.76. The number of aromatic nitrogens is 1. The lowest BCUT2D eigenvalue weighted by Crippen LogP contribution is -2.51. The average Bonchev–Trinajstić information content (AvgIpc) is 3.30. The van der Waals surface area contributed by atoms with Crippen molar-refractivity contribution in [3.63, 3.8) is 0 Å². The number of aliphatic hydroxyl groups is 1. The van der Waals surface area contributed by atoms with Crippen molar-refractivity contribution in [1.82, 2.24) is 14.6 Å². The van der Waals surface area contributed by atoms with E-state index in [0.29, 0.717) is 37.2 Å². The zero-order valence-electron chi connectivity index (χ0n) is 21.2. The maximum Gasteiger partial charge on any atom is 0.243 e. The molecule has 0 radical (unpaired) electrons. The topological polar surface area (TPSA) is 115 Å². The molecule has 198 valence electrons. The Hall–Kier alpha value is -2.88. The molecule has 1 aromatic heterocycles. The van der Waals surface area contributed by atoms with Gasteiger partial charge in [0.05, 0.1) is 5.69 Å². The summed E-state index contributed by atoms with van der Waals surface area (Å²) >= 11 is 0. The van der Waals surface area contributed by atoms with Crippen LogP contribution in [-0.4, -0.2) is 61.6 Å². The van der Waals surface area contributed by atoms with Gasteiger partial charge in [-0.1, -0.05) is 37.3 Å². The van der Waals surface area contributed by atoms with Crippen molar-refractivity contribution in [3.8, 4) is 0 Å². The number of H-pyrrole nitrogens is 1. The van der Waals surface area contributed by atoms with Crippen LogP contribution in [0, 0.1) is 11.8 Å². The molecule has 0 bridgehead atoms. The number of para-hydroxylation sites is 2. The van der Waals surface area contributed by atoms with E-state index < -0.39 is 16.1 Å². The van der Waals surface area contributed by atoms with Gasteiger partial charge in [-0.25, -0.2) is 8.42 Å². The standard InChI is InChI=1S/C28H36N4O4S/c1-19-15-21-5-4-8-26(27(21)30-17-19)37(35,36)31-25(16-22-18-29-24-7-3-2-6-23(22)24)28(34)32-12-9-20(10-13-32)11-14-33/h2-8,18-20,25,29-31,33H,9-17H2,1H3/t19?,25-/m1/s1. The summed E-state index contributed by atoms with van der Waals surface area (Å²) in [5, 5.41) is 13.6. The second kappa shape index (κ2) is 10.8. The van der Waals surface area contributed by atoms with Gasteiger partial charge in [0.1, 0.15) is 10.9 Å². The lowest BCUT2D eigenvalue weighted by molar-refractivity contribution is -0.134. The van der Waals surface area contributed by atoms with Gasteiger partial charge in [-0.05, 0) is 67.2 Å². The van der Waals surface area contributed by atoms with Gasteiger partial charge in [0.2, 0.25) is 15.9 Å². The first-order chi connectivity index (χ1) is 17.9. The Balaban J connectivity index is 1.43. The fourth-order valence-electron chi connectivity index (χ4n) is 5.69. The molecule has 3 heterocycles. The zero-order chi connectivity index (χ0) is 26.0. The van der Waals surface area contributed by atoms with Gasteiger partial charge in [0.25, 0.3) is 0 Å². The van der Waals surface area contributed by atoms with Crippen molar-refractivity contribution in [1.29, 1.82) is 0 Å². The normalized spacial score (nSPS) is 19.4. The Kier molecular flexibility index (Phi) is 7.55. The molecule has 8 nitrogen and oxygen atoms in total. The predicted octanol–water partition coefficient (Wildman–Crippen LogP) is 3.28. The van der Waals surface area contributed by atoms with E-state index in [-0.39, 0.29) is 23.8 Å². The molecule has 0 saturated carbocycles. The van der Waals surface area contributed by atoms with Crippen LogP contribution in [0.2, 0.25) is 0 Å². The number of aromatic amines is 1. The van der Waals surface area contributed by atoms with Crippen LogP contribution in [0.5, 0.6) is 0 Å². The van der Waals surface area contributed by atoms with Gasteiger partial charge in [-0.15, -0.1) is 0 Å². The summed E-state index contributed by atoms with van der Waals surface area (Å²) < 4.78 is 30.3.